The zero-order valence-corrected chi connectivity index (χ0v) is 13.7. The topological polar surface area (TPSA) is 55.6 Å². The molecule has 0 spiro atoms. The summed E-state index contributed by atoms with van der Waals surface area (Å²) in [6.45, 7) is 5.57. The normalized spacial score (nSPS) is 17.8. The molecular formula is C16H20N2O3S. The first kappa shape index (κ1) is 15.2. The first-order chi connectivity index (χ1) is 10.6. The molecule has 0 N–H and O–H groups in total. The number of nitrogens with zero attached hydrogens (tertiary/aromatic N) is 2. The van der Waals surface area contributed by atoms with Crippen LogP contribution in [0.4, 0.5) is 0 Å². The van der Waals surface area contributed by atoms with Crippen LogP contribution in [0, 0.1) is 13.8 Å². The fraction of sp³-hybridized carbons (Fsp3) is 0.500. The highest BCUT2D eigenvalue weighted by Crippen LogP contribution is 2.21. The molecule has 1 atom stereocenters. The van der Waals surface area contributed by atoms with Gasteiger partial charge in [0.1, 0.15) is 11.3 Å². The summed E-state index contributed by atoms with van der Waals surface area (Å²) >= 11 is 1.64. The molecule has 3 heterocycles. The second kappa shape index (κ2) is 6.62. The van der Waals surface area contributed by atoms with Gasteiger partial charge in [-0.3, -0.25) is 4.79 Å². The van der Waals surface area contributed by atoms with Crippen LogP contribution in [0.15, 0.2) is 21.3 Å². The Morgan fingerprint density at radius 1 is 1.50 bits per heavy atom. The Hall–Kier alpha value is -1.66. The van der Waals surface area contributed by atoms with Crippen molar-refractivity contribution in [3.8, 4) is 0 Å². The minimum Gasteiger partial charge on any atom is -0.376 e. The van der Waals surface area contributed by atoms with E-state index in [2.05, 4.69) is 10.5 Å². The van der Waals surface area contributed by atoms with Gasteiger partial charge in [-0.2, -0.15) is 11.3 Å². The lowest BCUT2D eigenvalue weighted by molar-refractivity contribution is 0.0505. The van der Waals surface area contributed by atoms with Crippen molar-refractivity contribution in [3.05, 3.63) is 39.4 Å². The highest BCUT2D eigenvalue weighted by atomic mass is 32.1. The van der Waals surface area contributed by atoms with Gasteiger partial charge in [-0.25, -0.2) is 0 Å². The molecule has 6 heteroatoms. The maximum Gasteiger partial charge on any atom is 0.259 e. The summed E-state index contributed by atoms with van der Waals surface area (Å²) in [5.74, 6) is 0.545. The fourth-order valence-electron chi connectivity index (χ4n) is 2.80. The lowest BCUT2D eigenvalue weighted by atomic mass is 10.1. The zero-order chi connectivity index (χ0) is 15.5. The minimum atomic E-state index is -0.0297. The van der Waals surface area contributed by atoms with E-state index in [-0.39, 0.29) is 12.0 Å². The Morgan fingerprint density at radius 3 is 2.95 bits per heavy atom. The first-order valence-corrected chi connectivity index (χ1v) is 8.44. The summed E-state index contributed by atoms with van der Waals surface area (Å²) in [7, 11) is 0. The standard InChI is InChI=1S/C16H20N2O3S/c1-11-15(12(2)21-17-11)16(19)18(8-13-5-7-22-10-13)9-14-4-3-6-20-14/h5,7,10,14H,3-4,6,8-9H2,1-2H3. The van der Waals surface area contributed by atoms with Crippen molar-refractivity contribution >= 4 is 17.2 Å². The van der Waals surface area contributed by atoms with Gasteiger partial charge in [0, 0.05) is 19.7 Å². The van der Waals surface area contributed by atoms with E-state index in [1.54, 1.807) is 25.2 Å². The number of rotatable bonds is 5. The first-order valence-electron chi connectivity index (χ1n) is 7.50. The van der Waals surface area contributed by atoms with Gasteiger partial charge >= 0.3 is 0 Å². The number of hydrogen-bond donors (Lipinski definition) is 0. The molecule has 2 aromatic heterocycles. The highest BCUT2D eigenvalue weighted by molar-refractivity contribution is 7.07. The molecule has 1 unspecified atom stereocenters. The minimum absolute atomic E-state index is 0.0297. The van der Waals surface area contributed by atoms with Crippen molar-refractivity contribution in [2.75, 3.05) is 13.2 Å². The summed E-state index contributed by atoms with van der Waals surface area (Å²) in [5, 5.41) is 8.00. The van der Waals surface area contributed by atoms with E-state index in [0.29, 0.717) is 30.1 Å². The van der Waals surface area contributed by atoms with Crippen molar-refractivity contribution in [1.29, 1.82) is 0 Å². The second-order valence-corrected chi connectivity index (χ2v) is 6.43. The van der Waals surface area contributed by atoms with Crippen molar-refractivity contribution < 1.29 is 14.1 Å². The molecule has 0 saturated carbocycles. The van der Waals surface area contributed by atoms with Crippen LogP contribution in [-0.2, 0) is 11.3 Å². The molecule has 0 aliphatic carbocycles. The van der Waals surface area contributed by atoms with Crippen LogP contribution in [0.2, 0.25) is 0 Å². The van der Waals surface area contributed by atoms with Crippen molar-refractivity contribution in [2.24, 2.45) is 0 Å². The largest absolute Gasteiger partial charge is 0.376 e. The van der Waals surface area contributed by atoms with Crippen LogP contribution in [0.1, 0.15) is 40.2 Å². The third-order valence-corrected chi connectivity index (χ3v) is 4.67. The third kappa shape index (κ3) is 3.23. The Kier molecular flexibility index (Phi) is 4.59. The van der Waals surface area contributed by atoms with Crippen LogP contribution in [0.25, 0.3) is 0 Å². The van der Waals surface area contributed by atoms with Crippen molar-refractivity contribution in [2.45, 2.75) is 39.3 Å². The van der Waals surface area contributed by atoms with Gasteiger partial charge in [0.25, 0.3) is 5.91 Å². The summed E-state index contributed by atoms with van der Waals surface area (Å²) in [6.07, 6.45) is 2.20. The zero-order valence-electron chi connectivity index (χ0n) is 12.9. The molecule has 2 aromatic rings. The molecule has 1 fully saturated rings. The Balaban J connectivity index is 1.81. The van der Waals surface area contributed by atoms with Crippen LogP contribution in [0.3, 0.4) is 0 Å². The average molecular weight is 320 g/mol. The monoisotopic (exact) mass is 320 g/mol. The van der Waals surface area contributed by atoms with E-state index in [1.165, 1.54) is 0 Å². The summed E-state index contributed by atoms with van der Waals surface area (Å²) < 4.78 is 10.8. The quantitative estimate of drug-likeness (QED) is 0.849. The lowest BCUT2D eigenvalue weighted by Crippen LogP contribution is -2.37. The van der Waals surface area contributed by atoms with E-state index in [1.807, 2.05) is 16.3 Å². The number of thiophene rings is 1. The molecule has 1 aliphatic heterocycles. The number of amides is 1. The molecule has 22 heavy (non-hydrogen) atoms. The van der Waals surface area contributed by atoms with Crippen LogP contribution < -0.4 is 0 Å². The van der Waals surface area contributed by atoms with Gasteiger partial charge in [0.05, 0.1) is 11.8 Å². The Morgan fingerprint density at radius 2 is 2.36 bits per heavy atom. The number of aryl methyl sites for hydroxylation is 2. The predicted molar refractivity (Wildman–Crippen MR) is 84.0 cm³/mol. The van der Waals surface area contributed by atoms with Gasteiger partial charge < -0.3 is 14.2 Å². The van der Waals surface area contributed by atoms with Gasteiger partial charge in [-0.1, -0.05) is 5.16 Å². The van der Waals surface area contributed by atoms with E-state index in [9.17, 15) is 4.79 Å². The smallest absolute Gasteiger partial charge is 0.259 e. The fourth-order valence-corrected chi connectivity index (χ4v) is 3.46. The molecule has 0 radical (unpaired) electrons. The third-order valence-electron chi connectivity index (χ3n) is 3.94. The average Bonchev–Trinajstić information content (AvgIpc) is 3.22. The summed E-state index contributed by atoms with van der Waals surface area (Å²) in [6, 6.07) is 2.05. The van der Waals surface area contributed by atoms with E-state index in [0.717, 1.165) is 25.0 Å². The molecule has 118 valence electrons. The number of carbonyl (C=O) groups excluding carboxylic acids is 1. The number of hydrogen-bond acceptors (Lipinski definition) is 5. The van der Waals surface area contributed by atoms with Gasteiger partial charge in [-0.15, -0.1) is 0 Å². The molecule has 5 nitrogen and oxygen atoms in total. The molecule has 0 bridgehead atoms. The molecule has 0 aromatic carbocycles. The van der Waals surface area contributed by atoms with E-state index in [4.69, 9.17) is 9.26 Å². The van der Waals surface area contributed by atoms with Crippen LogP contribution in [0.5, 0.6) is 0 Å². The predicted octanol–water partition coefficient (Wildman–Crippen LogP) is 3.17. The second-order valence-electron chi connectivity index (χ2n) is 5.65. The van der Waals surface area contributed by atoms with Crippen molar-refractivity contribution in [1.82, 2.24) is 10.1 Å². The van der Waals surface area contributed by atoms with Crippen LogP contribution in [-0.4, -0.2) is 35.2 Å². The van der Waals surface area contributed by atoms with Crippen molar-refractivity contribution in [3.63, 3.8) is 0 Å². The molecular weight excluding hydrogens is 300 g/mol. The molecule has 1 saturated heterocycles. The molecule has 1 amide bonds. The maximum atomic E-state index is 12.9. The maximum absolute atomic E-state index is 12.9. The Labute approximate surface area is 133 Å². The lowest BCUT2D eigenvalue weighted by Gasteiger charge is -2.25. The van der Waals surface area contributed by atoms with Gasteiger partial charge in [-0.05, 0) is 49.1 Å². The van der Waals surface area contributed by atoms with Gasteiger partial charge in [0.2, 0.25) is 0 Å². The summed E-state index contributed by atoms with van der Waals surface area (Å²) in [4.78, 5) is 14.8. The van der Waals surface area contributed by atoms with E-state index >= 15 is 0 Å². The molecule has 3 rings (SSSR count). The Bertz CT molecular complexity index is 610. The van der Waals surface area contributed by atoms with E-state index < -0.39 is 0 Å². The molecule has 1 aliphatic rings. The number of ether oxygens (including phenoxy) is 1. The SMILES string of the molecule is Cc1noc(C)c1C(=O)N(Cc1ccsc1)CC1CCCO1. The highest BCUT2D eigenvalue weighted by Gasteiger charge is 2.27. The summed E-state index contributed by atoms with van der Waals surface area (Å²) in [5.41, 5.74) is 2.36. The number of aromatic nitrogens is 1. The van der Waals surface area contributed by atoms with Gasteiger partial charge in [0.15, 0.2) is 0 Å². The number of carbonyl (C=O) groups is 1. The van der Waals surface area contributed by atoms with Crippen LogP contribution >= 0.6 is 11.3 Å².